The van der Waals surface area contributed by atoms with Crippen LogP contribution in [0.2, 0.25) is 5.02 Å². The van der Waals surface area contributed by atoms with Gasteiger partial charge in [-0.2, -0.15) is 10.4 Å². The van der Waals surface area contributed by atoms with Gasteiger partial charge in [0.15, 0.2) is 5.82 Å². The molecule has 2 N–H and O–H groups in total. The zero-order valence-corrected chi connectivity index (χ0v) is 19.1. The zero-order valence-electron chi connectivity index (χ0n) is 18.3. The Morgan fingerprint density at radius 3 is 2.73 bits per heavy atom. The molecule has 0 saturated heterocycles. The number of hydrogen-bond acceptors (Lipinski definition) is 6. The van der Waals surface area contributed by atoms with E-state index in [1.807, 2.05) is 24.0 Å². The van der Waals surface area contributed by atoms with Gasteiger partial charge < -0.3 is 10.6 Å². The Labute approximate surface area is 195 Å². The summed E-state index contributed by atoms with van der Waals surface area (Å²) in [4.78, 5) is 8.87. The molecule has 0 spiro atoms. The Kier molecular flexibility index (Phi) is 5.08. The van der Waals surface area contributed by atoms with Crippen LogP contribution in [-0.2, 0) is 7.05 Å². The van der Waals surface area contributed by atoms with Gasteiger partial charge in [-0.25, -0.2) is 9.97 Å². The maximum atomic E-state index is 9.26. The number of aromatic nitrogens is 4. The lowest BCUT2D eigenvalue weighted by molar-refractivity contribution is 0.801. The van der Waals surface area contributed by atoms with Crippen molar-refractivity contribution in [3.63, 3.8) is 0 Å². The number of benzene rings is 3. The van der Waals surface area contributed by atoms with E-state index >= 15 is 0 Å². The van der Waals surface area contributed by atoms with E-state index in [0.717, 1.165) is 38.5 Å². The van der Waals surface area contributed by atoms with E-state index in [1.54, 1.807) is 25.2 Å². The Balaban J connectivity index is 1.65. The van der Waals surface area contributed by atoms with E-state index in [2.05, 4.69) is 57.9 Å². The van der Waals surface area contributed by atoms with Gasteiger partial charge in [0.2, 0.25) is 5.95 Å². The van der Waals surface area contributed by atoms with Crippen LogP contribution in [-0.4, -0.2) is 26.8 Å². The summed E-state index contributed by atoms with van der Waals surface area (Å²) in [6, 6.07) is 17.6. The molecule has 33 heavy (non-hydrogen) atoms. The third-order valence-corrected chi connectivity index (χ3v) is 5.81. The number of halogens is 1. The molecule has 162 valence electrons. The number of rotatable bonds is 4. The van der Waals surface area contributed by atoms with E-state index in [0.29, 0.717) is 28.0 Å². The van der Waals surface area contributed by atoms with E-state index in [4.69, 9.17) is 16.7 Å². The zero-order chi connectivity index (χ0) is 23.1. The van der Waals surface area contributed by atoms with Crippen LogP contribution in [0, 0.1) is 18.3 Å². The van der Waals surface area contributed by atoms with E-state index < -0.39 is 0 Å². The molecule has 0 radical (unpaired) electrons. The summed E-state index contributed by atoms with van der Waals surface area (Å²) < 4.78 is 1.88. The minimum Gasteiger partial charge on any atom is -0.357 e. The number of nitrogens with zero attached hydrogens (tertiary/aromatic N) is 5. The fraction of sp³-hybridized carbons (Fsp3) is 0.120. The Morgan fingerprint density at radius 2 is 1.94 bits per heavy atom. The van der Waals surface area contributed by atoms with Crippen LogP contribution in [0.25, 0.3) is 32.9 Å². The quantitative estimate of drug-likeness (QED) is 0.357. The molecule has 3 aromatic carbocycles. The Hall–Kier alpha value is -4.15. The molecule has 2 heterocycles. The predicted octanol–water partition coefficient (Wildman–Crippen LogP) is 5.80. The van der Waals surface area contributed by atoms with Gasteiger partial charge in [0, 0.05) is 47.3 Å². The number of hydrogen-bond donors (Lipinski definition) is 2. The first-order chi connectivity index (χ1) is 16.0. The van der Waals surface area contributed by atoms with Crippen molar-refractivity contribution in [2.75, 3.05) is 17.7 Å². The summed E-state index contributed by atoms with van der Waals surface area (Å²) in [7, 11) is 3.73. The van der Waals surface area contributed by atoms with Crippen LogP contribution in [0.1, 0.15) is 11.1 Å². The topological polar surface area (TPSA) is 91.5 Å². The molecule has 7 nitrogen and oxygen atoms in total. The highest BCUT2D eigenvalue weighted by molar-refractivity contribution is 6.31. The number of nitrogens with one attached hydrogen (secondary N) is 2. The molecule has 0 saturated carbocycles. The van der Waals surface area contributed by atoms with E-state index in [1.165, 1.54) is 0 Å². The second kappa shape index (κ2) is 8.08. The van der Waals surface area contributed by atoms with Crippen molar-refractivity contribution in [1.29, 1.82) is 5.26 Å². The average molecular weight is 454 g/mol. The molecular weight excluding hydrogens is 434 g/mol. The first-order valence-electron chi connectivity index (χ1n) is 10.4. The van der Waals surface area contributed by atoms with E-state index in [-0.39, 0.29) is 0 Å². The number of anilines is 3. The normalized spacial score (nSPS) is 11.0. The van der Waals surface area contributed by atoms with Gasteiger partial charge in [-0.05, 0) is 54.4 Å². The molecule has 0 amide bonds. The summed E-state index contributed by atoms with van der Waals surface area (Å²) in [5.41, 5.74) is 6.38. The molecule has 0 bridgehead atoms. The van der Waals surface area contributed by atoms with Crippen molar-refractivity contribution >= 4 is 50.9 Å². The van der Waals surface area contributed by atoms with Crippen molar-refractivity contribution in [1.82, 2.24) is 19.7 Å². The largest absolute Gasteiger partial charge is 0.357 e. The lowest BCUT2D eigenvalue weighted by Gasteiger charge is -2.11. The predicted molar refractivity (Wildman–Crippen MR) is 133 cm³/mol. The van der Waals surface area contributed by atoms with Gasteiger partial charge in [-0.3, -0.25) is 4.68 Å². The van der Waals surface area contributed by atoms with Crippen LogP contribution in [0.4, 0.5) is 17.5 Å². The molecule has 0 atom stereocenters. The van der Waals surface area contributed by atoms with Gasteiger partial charge in [0.25, 0.3) is 0 Å². The summed E-state index contributed by atoms with van der Waals surface area (Å²) in [6.07, 6.45) is 1.83. The average Bonchev–Trinajstić information content (AvgIpc) is 3.12. The lowest BCUT2D eigenvalue weighted by atomic mass is 9.96. The molecular formula is C25H20ClN7. The molecule has 0 aliphatic carbocycles. The molecule has 0 aliphatic rings. The standard InChI is InChI=1S/C25H20ClN7/c1-14-4-6-20-23(22(14)16-5-7-21-17(10-16)13-29-25(28-2)31-21)33(3)32-24(20)30-19-9-15(12-27)8-18(26)11-19/h4-11,13H,1-3H3,(H,30,32)(H,28,29,31). The van der Waals surface area contributed by atoms with Crippen LogP contribution >= 0.6 is 11.6 Å². The first-order valence-corrected chi connectivity index (χ1v) is 10.7. The molecule has 5 rings (SSSR count). The smallest absolute Gasteiger partial charge is 0.222 e. The highest BCUT2D eigenvalue weighted by Gasteiger charge is 2.17. The second-order valence-corrected chi connectivity index (χ2v) is 8.24. The highest BCUT2D eigenvalue weighted by Crippen LogP contribution is 2.37. The molecule has 0 fully saturated rings. The molecule has 0 aliphatic heterocycles. The maximum absolute atomic E-state index is 9.26. The van der Waals surface area contributed by atoms with Gasteiger partial charge >= 0.3 is 0 Å². The third-order valence-electron chi connectivity index (χ3n) is 5.60. The van der Waals surface area contributed by atoms with Gasteiger partial charge in [0.05, 0.1) is 22.7 Å². The Bertz CT molecular complexity index is 1580. The lowest BCUT2D eigenvalue weighted by Crippen LogP contribution is -1.97. The fourth-order valence-electron chi connectivity index (χ4n) is 4.10. The fourth-order valence-corrected chi connectivity index (χ4v) is 4.34. The molecule has 5 aromatic rings. The van der Waals surface area contributed by atoms with Gasteiger partial charge in [-0.1, -0.05) is 23.7 Å². The van der Waals surface area contributed by atoms with E-state index in [9.17, 15) is 5.26 Å². The second-order valence-electron chi connectivity index (χ2n) is 7.81. The van der Waals surface area contributed by atoms with Crippen molar-refractivity contribution in [2.45, 2.75) is 6.92 Å². The molecule has 2 aromatic heterocycles. The third kappa shape index (κ3) is 3.71. The minimum absolute atomic E-state index is 0.488. The van der Waals surface area contributed by atoms with Gasteiger partial charge in [0.1, 0.15) is 0 Å². The van der Waals surface area contributed by atoms with Crippen molar-refractivity contribution in [2.24, 2.45) is 7.05 Å². The van der Waals surface area contributed by atoms with Crippen LogP contribution in [0.5, 0.6) is 0 Å². The van der Waals surface area contributed by atoms with Crippen molar-refractivity contribution < 1.29 is 0 Å². The summed E-state index contributed by atoms with van der Waals surface area (Å²) in [5, 5.41) is 22.7. The van der Waals surface area contributed by atoms with Crippen molar-refractivity contribution in [3.8, 4) is 17.2 Å². The summed E-state index contributed by atoms with van der Waals surface area (Å²) in [6.45, 7) is 2.09. The number of fused-ring (bicyclic) bond motifs is 2. The number of aryl methyl sites for hydroxylation is 2. The first kappa shape index (κ1) is 20.7. The molecule has 0 unspecified atom stereocenters. The van der Waals surface area contributed by atoms with Crippen LogP contribution in [0.3, 0.4) is 0 Å². The monoisotopic (exact) mass is 453 g/mol. The molecule has 8 heteroatoms. The number of nitriles is 1. The highest BCUT2D eigenvalue weighted by atomic mass is 35.5. The Morgan fingerprint density at radius 1 is 1.09 bits per heavy atom. The summed E-state index contributed by atoms with van der Waals surface area (Å²) in [5.74, 6) is 1.29. The van der Waals surface area contributed by atoms with Crippen molar-refractivity contribution in [3.05, 3.63) is 70.9 Å². The maximum Gasteiger partial charge on any atom is 0.222 e. The van der Waals surface area contributed by atoms with Crippen LogP contribution < -0.4 is 10.6 Å². The SMILES string of the molecule is CNc1ncc2cc(-c3c(C)ccc4c(Nc5cc(Cl)cc(C#N)c5)nn(C)c34)ccc2n1. The summed E-state index contributed by atoms with van der Waals surface area (Å²) >= 11 is 6.18. The van der Waals surface area contributed by atoms with Crippen LogP contribution in [0.15, 0.2) is 54.7 Å². The minimum atomic E-state index is 0.488. The van der Waals surface area contributed by atoms with Gasteiger partial charge in [-0.15, -0.1) is 0 Å².